The molecule has 8 nitrogen and oxygen atoms in total. The lowest BCUT2D eigenvalue weighted by molar-refractivity contribution is 0.1000. The normalized spacial score (nSPS) is 11.2. The highest BCUT2D eigenvalue weighted by atomic mass is 32.1. The Bertz CT molecular complexity index is 1090. The molecule has 0 bridgehead atoms. The van der Waals surface area contributed by atoms with E-state index < -0.39 is 5.91 Å². The van der Waals surface area contributed by atoms with Crippen molar-refractivity contribution in [3.05, 3.63) is 76.3 Å². The van der Waals surface area contributed by atoms with E-state index in [0.717, 1.165) is 22.6 Å². The van der Waals surface area contributed by atoms with Gasteiger partial charge in [0.1, 0.15) is 5.75 Å². The third-order valence-electron chi connectivity index (χ3n) is 5.47. The van der Waals surface area contributed by atoms with E-state index in [1.165, 1.54) is 11.3 Å². The fraction of sp³-hybridized carbons (Fsp3) is 0.292. The van der Waals surface area contributed by atoms with Crippen molar-refractivity contribution in [2.24, 2.45) is 11.5 Å². The van der Waals surface area contributed by atoms with Gasteiger partial charge in [-0.2, -0.15) is 0 Å². The molecule has 3 amide bonds. The van der Waals surface area contributed by atoms with Crippen LogP contribution in [0.5, 0.6) is 5.75 Å². The number of hydrogen-bond acceptors (Lipinski definition) is 6. The van der Waals surface area contributed by atoms with Gasteiger partial charge in [-0.05, 0) is 35.4 Å². The molecule has 174 valence electrons. The number of nitrogens with one attached hydrogen (secondary N) is 1. The van der Waals surface area contributed by atoms with Crippen molar-refractivity contribution >= 4 is 28.4 Å². The van der Waals surface area contributed by atoms with Gasteiger partial charge in [0.25, 0.3) is 0 Å². The van der Waals surface area contributed by atoms with Crippen molar-refractivity contribution < 1.29 is 14.3 Å². The first kappa shape index (κ1) is 24.2. The zero-order valence-corrected chi connectivity index (χ0v) is 19.8. The number of anilines is 1. The largest absolute Gasteiger partial charge is 0.497 e. The fourth-order valence-corrected chi connectivity index (χ4v) is 4.22. The number of amides is 3. The molecule has 0 saturated heterocycles. The topological polar surface area (TPSA) is 124 Å². The summed E-state index contributed by atoms with van der Waals surface area (Å²) in [6, 6.07) is 14.4. The SMILES string of the molecule is COc1ccc(C(C)(C)c2csc(NC(=O)N(CCN)Cc3ccc(C(N)=O)cc3)n2)cc1. The molecule has 1 heterocycles. The van der Waals surface area contributed by atoms with Gasteiger partial charge >= 0.3 is 6.03 Å². The summed E-state index contributed by atoms with van der Waals surface area (Å²) in [5, 5.41) is 5.35. The highest BCUT2D eigenvalue weighted by Crippen LogP contribution is 2.34. The van der Waals surface area contributed by atoms with Crippen molar-refractivity contribution in [2.75, 3.05) is 25.5 Å². The molecular formula is C24H29N5O3S. The van der Waals surface area contributed by atoms with E-state index >= 15 is 0 Å². The molecule has 0 fully saturated rings. The second-order valence-corrected chi connectivity index (χ2v) is 8.95. The first-order chi connectivity index (χ1) is 15.7. The molecule has 0 aliphatic heterocycles. The molecule has 0 aliphatic carbocycles. The number of nitrogens with zero attached hydrogens (tertiary/aromatic N) is 2. The zero-order chi connectivity index (χ0) is 24.0. The molecule has 0 unspecified atom stereocenters. The maximum absolute atomic E-state index is 12.9. The van der Waals surface area contributed by atoms with E-state index in [0.29, 0.717) is 30.3 Å². The molecule has 9 heteroatoms. The Balaban J connectivity index is 1.70. The third kappa shape index (κ3) is 5.88. The van der Waals surface area contributed by atoms with Gasteiger partial charge in [0, 0.05) is 36.0 Å². The Hall–Kier alpha value is -3.43. The lowest BCUT2D eigenvalue weighted by Crippen LogP contribution is -2.38. The quantitative estimate of drug-likeness (QED) is 0.444. The van der Waals surface area contributed by atoms with Crippen LogP contribution in [0.1, 0.15) is 41.0 Å². The van der Waals surface area contributed by atoms with Crippen LogP contribution in [0.2, 0.25) is 0 Å². The molecule has 0 aliphatic rings. The maximum atomic E-state index is 12.9. The van der Waals surface area contributed by atoms with Crippen molar-refractivity contribution in [3.63, 3.8) is 0 Å². The van der Waals surface area contributed by atoms with Crippen molar-refractivity contribution in [1.82, 2.24) is 9.88 Å². The van der Waals surface area contributed by atoms with Crippen LogP contribution in [0.3, 0.4) is 0 Å². The van der Waals surface area contributed by atoms with E-state index in [1.54, 1.807) is 36.3 Å². The number of carbonyl (C=O) groups is 2. The number of ether oxygens (including phenoxy) is 1. The molecule has 2 aromatic carbocycles. The minimum atomic E-state index is -0.491. The third-order valence-corrected chi connectivity index (χ3v) is 6.23. The number of carbonyl (C=O) groups excluding carboxylic acids is 2. The first-order valence-electron chi connectivity index (χ1n) is 10.5. The molecule has 0 radical (unpaired) electrons. The summed E-state index contributed by atoms with van der Waals surface area (Å²) in [7, 11) is 1.64. The van der Waals surface area contributed by atoms with Gasteiger partial charge in [-0.15, -0.1) is 11.3 Å². The smallest absolute Gasteiger partial charge is 0.323 e. The van der Waals surface area contributed by atoms with Gasteiger partial charge in [0.05, 0.1) is 12.8 Å². The highest BCUT2D eigenvalue weighted by Gasteiger charge is 2.27. The average Bonchev–Trinajstić information content (AvgIpc) is 3.28. The van der Waals surface area contributed by atoms with Crippen LogP contribution in [0.25, 0.3) is 0 Å². The van der Waals surface area contributed by atoms with E-state index in [1.807, 2.05) is 29.6 Å². The Kier molecular flexibility index (Phi) is 7.67. The Labute approximate surface area is 197 Å². The minimum absolute atomic E-state index is 0.289. The Morgan fingerprint density at radius 2 is 1.79 bits per heavy atom. The van der Waals surface area contributed by atoms with Crippen LogP contribution >= 0.6 is 11.3 Å². The highest BCUT2D eigenvalue weighted by molar-refractivity contribution is 7.13. The van der Waals surface area contributed by atoms with Crippen LogP contribution in [-0.4, -0.2) is 42.0 Å². The minimum Gasteiger partial charge on any atom is -0.497 e. The molecule has 3 aromatic rings. The van der Waals surface area contributed by atoms with E-state index in [4.69, 9.17) is 16.2 Å². The van der Waals surface area contributed by atoms with Crippen molar-refractivity contribution in [2.45, 2.75) is 25.8 Å². The molecule has 3 rings (SSSR count). The van der Waals surface area contributed by atoms with Crippen LogP contribution < -0.4 is 21.5 Å². The molecule has 1 aromatic heterocycles. The summed E-state index contributed by atoms with van der Waals surface area (Å²) in [5.41, 5.74) is 13.9. The summed E-state index contributed by atoms with van der Waals surface area (Å²) in [4.78, 5) is 30.5. The number of urea groups is 1. The van der Waals surface area contributed by atoms with Crippen LogP contribution in [0, 0.1) is 0 Å². The maximum Gasteiger partial charge on any atom is 0.323 e. The van der Waals surface area contributed by atoms with Gasteiger partial charge in [-0.3, -0.25) is 10.1 Å². The number of thiazole rings is 1. The number of rotatable bonds is 9. The molecule has 0 spiro atoms. The summed E-state index contributed by atoms with van der Waals surface area (Å²) >= 11 is 1.38. The van der Waals surface area contributed by atoms with Crippen LogP contribution in [0.4, 0.5) is 9.93 Å². The van der Waals surface area contributed by atoms with Gasteiger partial charge in [-0.25, -0.2) is 9.78 Å². The van der Waals surface area contributed by atoms with Crippen molar-refractivity contribution in [3.8, 4) is 5.75 Å². The summed E-state index contributed by atoms with van der Waals surface area (Å²) in [5.74, 6) is 0.306. The molecule has 5 N–H and O–H groups in total. The number of nitrogens with two attached hydrogens (primary N) is 2. The number of hydrogen-bond donors (Lipinski definition) is 3. The van der Waals surface area contributed by atoms with Gasteiger partial charge in [0.15, 0.2) is 5.13 Å². The molecule has 0 atom stereocenters. The van der Waals surface area contributed by atoms with Crippen LogP contribution in [-0.2, 0) is 12.0 Å². The van der Waals surface area contributed by atoms with Gasteiger partial charge < -0.3 is 21.1 Å². The standard InChI is InChI=1S/C24H29N5O3S/c1-24(2,18-8-10-19(32-3)11-9-18)20-15-33-22(27-20)28-23(31)29(13-12-25)14-16-4-6-17(7-5-16)21(26)30/h4-11,15H,12-14,25H2,1-3H3,(H2,26,30)(H,27,28,31). The zero-order valence-electron chi connectivity index (χ0n) is 19.0. The number of primary amides is 1. The van der Waals surface area contributed by atoms with E-state index in [2.05, 4.69) is 24.1 Å². The molecule has 0 saturated carbocycles. The predicted molar refractivity (Wildman–Crippen MR) is 131 cm³/mol. The fourth-order valence-electron chi connectivity index (χ4n) is 3.35. The van der Waals surface area contributed by atoms with Crippen LogP contribution in [0.15, 0.2) is 53.9 Å². The molecule has 33 heavy (non-hydrogen) atoms. The number of aromatic nitrogens is 1. The second kappa shape index (κ2) is 10.5. The monoisotopic (exact) mass is 467 g/mol. The van der Waals surface area contributed by atoms with Crippen molar-refractivity contribution in [1.29, 1.82) is 0 Å². The van der Waals surface area contributed by atoms with E-state index in [-0.39, 0.29) is 11.4 Å². The predicted octanol–water partition coefficient (Wildman–Crippen LogP) is 3.57. The van der Waals surface area contributed by atoms with Gasteiger partial charge in [-0.1, -0.05) is 38.1 Å². The van der Waals surface area contributed by atoms with E-state index in [9.17, 15) is 9.59 Å². The summed E-state index contributed by atoms with van der Waals surface area (Å²) in [6.45, 7) is 5.22. The molecular weight excluding hydrogens is 438 g/mol. The Morgan fingerprint density at radius 1 is 1.12 bits per heavy atom. The summed E-state index contributed by atoms with van der Waals surface area (Å²) < 4.78 is 5.24. The van der Waals surface area contributed by atoms with Gasteiger partial charge in [0.2, 0.25) is 5.91 Å². The first-order valence-corrected chi connectivity index (χ1v) is 11.4. The average molecular weight is 468 g/mol. The second-order valence-electron chi connectivity index (χ2n) is 8.09. The Morgan fingerprint density at radius 3 is 2.36 bits per heavy atom. The lowest BCUT2D eigenvalue weighted by atomic mass is 9.82. The number of methoxy groups -OCH3 is 1. The number of benzene rings is 2. The summed E-state index contributed by atoms with van der Waals surface area (Å²) in [6.07, 6.45) is 0. The lowest BCUT2D eigenvalue weighted by Gasteiger charge is -2.24.